The maximum absolute atomic E-state index is 13.1. The number of hydrogen-bond donors (Lipinski definition) is 0. The van der Waals surface area contributed by atoms with Gasteiger partial charge in [-0.2, -0.15) is 0 Å². The van der Waals surface area contributed by atoms with E-state index in [1.807, 2.05) is 4.90 Å². The lowest BCUT2D eigenvalue weighted by atomic mass is 10.2. The minimum Gasteiger partial charge on any atom is -0.335 e. The summed E-state index contributed by atoms with van der Waals surface area (Å²) in [7, 11) is 2.06. The molecule has 2 heterocycles. The highest BCUT2D eigenvalue weighted by atomic mass is 32.1. The van der Waals surface area contributed by atoms with Gasteiger partial charge in [-0.1, -0.05) is 0 Å². The molecular formula is C14H15FN2OS. The van der Waals surface area contributed by atoms with Gasteiger partial charge in [0.05, 0.1) is 4.88 Å². The molecule has 1 aromatic carbocycles. The lowest BCUT2D eigenvalue weighted by Crippen LogP contribution is -2.46. The molecule has 1 fully saturated rings. The zero-order chi connectivity index (χ0) is 13.4. The van der Waals surface area contributed by atoms with Crippen LogP contribution in [0.15, 0.2) is 24.3 Å². The molecule has 1 aliphatic heterocycles. The summed E-state index contributed by atoms with van der Waals surface area (Å²) < 4.78 is 14.1. The van der Waals surface area contributed by atoms with Crippen molar-refractivity contribution in [1.82, 2.24) is 9.80 Å². The number of hydrogen-bond acceptors (Lipinski definition) is 3. The van der Waals surface area contributed by atoms with Crippen molar-refractivity contribution in [1.29, 1.82) is 0 Å². The third kappa shape index (κ3) is 2.48. The van der Waals surface area contributed by atoms with E-state index in [9.17, 15) is 9.18 Å². The molecule has 0 atom stereocenters. The van der Waals surface area contributed by atoms with E-state index in [1.54, 1.807) is 12.1 Å². The van der Waals surface area contributed by atoms with Crippen molar-refractivity contribution < 1.29 is 9.18 Å². The summed E-state index contributed by atoms with van der Waals surface area (Å²) in [6.07, 6.45) is 0. The number of carbonyl (C=O) groups excluding carboxylic acids is 1. The Bertz CT molecular complexity index is 617. The van der Waals surface area contributed by atoms with Crippen LogP contribution in [-0.2, 0) is 0 Å². The van der Waals surface area contributed by atoms with Gasteiger partial charge in [0.2, 0.25) is 0 Å². The predicted octanol–water partition coefficient (Wildman–Crippen LogP) is 2.43. The summed E-state index contributed by atoms with van der Waals surface area (Å²) >= 11 is 1.44. The number of carbonyl (C=O) groups is 1. The van der Waals surface area contributed by atoms with Crippen LogP contribution in [0.3, 0.4) is 0 Å². The zero-order valence-electron chi connectivity index (χ0n) is 10.7. The van der Waals surface area contributed by atoms with Crippen LogP contribution in [-0.4, -0.2) is 48.9 Å². The van der Waals surface area contributed by atoms with Gasteiger partial charge in [0.15, 0.2) is 0 Å². The maximum atomic E-state index is 13.1. The average molecular weight is 278 g/mol. The van der Waals surface area contributed by atoms with Gasteiger partial charge < -0.3 is 9.80 Å². The minimum absolute atomic E-state index is 0.0645. The van der Waals surface area contributed by atoms with Crippen LogP contribution in [0.4, 0.5) is 4.39 Å². The highest BCUT2D eigenvalue weighted by molar-refractivity contribution is 7.20. The van der Waals surface area contributed by atoms with Crippen molar-refractivity contribution >= 4 is 27.3 Å². The minimum atomic E-state index is -0.260. The van der Waals surface area contributed by atoms with Gasteiger partial charge in [0.25, 0.3) is 5.91 Å². The Morgan fingerprint density at radius 3 is 2.68 bits per heavy atom. The zero-order valence-corrected chi connectivity index (χ0v) is 11.5. The van der Waals surface area contributed by atoms with E-state index < -0.39 is 0 Å². The molecule has 5 heteroatoms. The first-order valence-corrected chi connectivity index (χ1v) is 7.12. The van der Waals surface area contributed by atoms with Crippen molar-refractivity contribution in [2.45, 2.75) is 0 Å². The SMILES string of the molecule is CN1CCN(C(=O)c2cc3cc(F)ccc3s2)CC1. The topological polar surface area (TPSA) is 23.6 Å². The second-order valence-electron chi connectivity index (χ2n) is 4.89. The van der Waals surface area contributed by atoms with Gasteiger partial charge in [-0.25, -0.2) is 4.39 Å². The van der Waals surface area contributed by atoms with Crippen LogP contribution in [0, 0.1) is 5.82 Å². The Morgan fingerprint density at radius 2 is 1.95 bits per heavy atom. The normalized spacial score (nSPS) is 17.1. The van der Waals surface area contributed by atoms with Gasteiger partial charge >= 0.3 is 0 Å². The third-order valence-electron chi connectivity index (χ3n) is 3.48. The summed E-state index contributed by atoms with van der Waals surface area (Å²) in [5.74, 6) is -0.196. The molecule has 1 aliphatic rings. The number of nitrogens with zero attached hydrogens (tertiary/aromatic N) is 2. The van der Waals surface area contributed by atoms with Crippen LogP contribution in [0.25, 0.3) is 10.1 Å². The first-order valence-electron chi connectivity index (χ1n) is 6.30. The lowest BCUT2D eigenvalue weighted by Gasteiger charge is -2.32. The molecule has 0 aliphatic carbocycles. The van der Waals surface area contributed by atoms with Crippen LogP contribution in [0.2, 0.25) is 0 Å². The number of fused-ring (bicyclic) bond motifs is 1. The predicted molar refractivity (Wildman–Crippen MR) is 75.2 cm³/mol. The van der Waals surface area contributed by atoms with E-state index in [2.05, 4.69) is 11.9 Å². The number of benzene rings is 1. The van der Waals surface area contributed by atoms with E-state index in [1.165, 1.54) is 23.5 Å². The van der Waals surface area contributed by atoms with Crippen LogP contribution < -0.4 is 0 Å². The molecule has 1 aromatic heterocycles. The monoisotopic (exact) mass is 278 g/mol. The third-order valence-corrected chi connectivity index (χ3v) is 4.58. The molecule has 0 unspecified atom stereocenters. The number of thiophene rings is 1. The van der Waals surface area contributed by atoms with Crippen LogP contribution in [0.5, 0.6) is 0 Å². The quantitative estimate of drug-likeness (QED) is 0.800. The largest absolute Gasteiger partial charge is 0.335 e. The molecule has 2 aromatic rings. The molecular weight excluding hydrogens is 263 g/mol. The Kier molecular flexibility index (Phi) is 3.24. The highest BCUT2D eigenvalue weighted by Gasteiger charge is 2.21. The second-order valence-corrected chi connectivity index (χ2v) is 5.97. The van der Waals surface area contributed by atoms with Gasteiger partial charge in [0.1, 0.15) is 5.82 Å². The van der Waals surface area contributed by atoms with Crippen molar-refractivity contribution in [3.8, 4) is 0 Å². The fourth-order valence-corrected chi connectivity index (χ4v) is 3.30. The van der Waals surface area contributed by atoms with Crippen LogP contribution in [0.1, 0.15) is 9.67 Å². The highest BCUT2D eigenvalue weighted by Crippen LogP contribution is 2.27. The number of piperazine rings is 1. The fraction of sp³-hybridized carbons (Fsp3) is 0.357. The molecule has 0 radical (unpaired) electrons. The Labute approximate surface area is 115 Å². The molecule has 0 spiro atoms. The Hall–Kier alpha value is -1.46. The number of rotatable bonds is 1. The Balaban J connectivity index is 1.85. The number of halogens is 1. The van der Waals surface area contributed by atoms with Crippen molar-refractivity contribution in [2.24, 2.45) is 0 Å². The first kappa shape index (κ1) is 12.6. The summed E-state index contributed by atoms with van der Waals surface area (Å²) in [5.41, 5.74) is 0. The van der Waals surface area contributed by atoms with E-state index in [-0.39, 0.29) is 11.7 Å². The molecule has 3 rings (SSSR count). The summed E-state index contributed by atoms with van der Waals surface area (Å²) in [5, 5.41) is 0.808. The van der Waals surface area contributed by atoms with Gasteiger partial charge in [-0.3, -0.25) is 4.79 Å². The standard InChI is InChI=1S/C14H15FN2OS/c1-16-4-6-17(7-5-16)14(18)13-9-10-8-11(15)2-3-12(10)19-13/h2-3,8-9H,4-7H2,1H3. The molecule has 0 bridgehead atoms. The second kappa shape index (κ2) is 4.90. The maximum Gasteiger partial charge on any atom is 0.264 e. The van der Waals surface area contributed by atoms with E-state index in [4.69, 9.17) is 0 Å². The molecule has 0 N–H and O–H groups in total. The van der Waals surface area contributed by atoms with Crippen molar-refractivity contribution in [3.63, 3.8) is 0 Å². The molecule has 19 heavy (non-hydrogen) atoms. The van der Waals surface area contributed by atoms with E-state index in [0.29, 0.717) is 4.88 Å². The number of amides is 1. The van der Waals surface area contributed by atoms with Gasteiger partial charge in [-0.15, -0.1) is 11.3 Å². The smallest absolute Gasteiger partial charge is 0.264 e. The summed E-state index contributed by atoms with van der Waals surface area (Å²) in [6.45, 7) is 3.34. The average Bonchev–Trinajstić information content (AvgIpc) is 2.81. The molecule has 100 valence electrons. The fourth-order valence-electron chi connectivity index (χ4n) is 2.28. The van der Waals surface area contributed by atoms with Crippen LogP contribution >= 0.6 is 11.3 Å². The van der Waals surface area contributed by atoms with Gasteiger partial charge in [0, 0.05) is 30.9 Å². The van der Waals surface area contributed by atoms with E-state index in [0.717, 1.165) is 36.3 Å². The Morgan fingerprint density at radius 1 is 1.21 bits per heavy atom. The summed E-state index contributed by atoms with van der Waals surface area (Å²) in [4.78, 5) is 17.2. The van der Waals surface area contributed by atoms with Crippen molar-refractivity contribution in [2.75, 3.05) is 33.2 Å². The first-order chi connectivity index (χ1) is 9.13. The molecule has 1 amide bonds. The van der Waals surface area contributed by atoms with Gasteiger partial charge in [-0.05, 0) is 36.7 Å². The molecule has 3 nitrogen and oxygen atoms in total. The lowest BCUT2D eigenvalue weighted by molar-refractivity contribution is 0.0669. The molecule has 1 saturated heterocycles. The molecule has 0 saturated carbocycles. The number of likely N-dealkylation sites (N-methyl/N-ethyl adjacent to an activating group) is 1. The summed E-state index contributed by atoms with van der Waals surface area (Å²) in [6, 6.07) is 6.44. The van der Waals surface area contributed by atoms with E-state index >= 15 is 0 Å². The van der Waals surface area contributed by atoms with Crippen molar-refractivity contribution in [3.05, 3.63) is 35.0 Å².